The molecule has 0 aromatic heterocycles. The van der Waals surface area contributed by atoms with Crippen molar-refractivity contribution >= 4 is 0 Å². The largest absolute Gasteiger partial charge is 0.490 e. The van der Waals surface area contributed by atoms with E-state index in [-0.39, 0.29) is 6.10 Å². The maximum atomic E-state index is 5.95. The van der Waals surface area contributed by atoms with Crippen molar-refractivity contribution in [2.45, 2.75) is 65.5 Å². The van der Waals surface area contributed by atoms with E-state index in [1.54, 1.807) is 0 Å². The summed E-state index contributed by atoms with van der Waals surface area (Å²) in [6.45, 7) is 8.51. The first kappa shape index (κ1) is 16.0. The molecule has 1 atom stereocenters. The van der Waals surface area contributed by atoms with Crippen LogP contribution in [-0.4, -0.2) is 12.6 Å². The third-order valence-corrected chi connectivity index (χ3v) is 3.40. The molecular weight excluding hydrogens is 234 g/mol. The molecule has 0 saturated heterocycles. The van der Waals surface area contributed by atoms with Crippen LogP contribution in [0, 0.1) is 0 Å². The molecule has 1 unspecified atom stereocenters. The lowest BCUT2D eigenvalue weighted by molar-refractivity contribution is 0.215. The molecule has 0 radical (unpaired) electrons. The van der Waals surface area contributed by atoms with Gasteiger partial charge in [-0.15, -0.1) is 0 Å². The first-order valence-corrected chi connectivity index (χ1v) is 7.73. The van der Waals surface area contributed by atoms with Gasteiger partial charge in [-0.1, -0.05) is 51.3 Å². The Kier molecular flexibility index (Phi) is 8.31. The van der Waals surface area contributed by atoms with Gasteiger partial charge in [-0.3, -0.25) is 0 Å². The Morgan fingerprint density at radius 3 is 2.63 bits per heavy atom. The summed E-state index contributed by atoms with van der Waals surface area (Å²) in [4.78, 5) is 0. The van der Waals surface area contributed by atoms with E-state index in [1.807, 2.05) is 6.07 Å². The first-order valence-electron chi connectivity index (χ1n) is 7.73. The predicted octanol–water partition coefficient (Wildman–Crippen LogP) is 4.53. The van der Waals surface area contributed by atoms with Gasteiger partial charge in [-0.25, -0.2) is 0 Å². The van der Waals surface area contributed by atoms with Gasteiger partial charge in [0.15, 0.2) is 0 Å². The number of ether oxygens (including phenoxy) is 1. The third kappa shape index (κ3) is 6.63. The summed E-state index contributed by atoms with van der Waals surface area (Å²) in [5.41, 5.74) is 1.26. The van der Waals surface area contributed by atoms with Crippen LogP contribution < -0.4 is 10.1 Å². The fourth-order valence-electron chi connectivity index (χ4n) is 1.96. The van der Waals surface area contributed by atoms with Gasteiger partial charge in [0.2, 0.25) is 0 Å². The monoisotopic (exact) mass is 263 g/mol. The van der Waals surface area contributed by atoms with Crippen molar-refractivity contribution in [2.75, 3.05) is 6.54 Å². The van der Waals surface area contributed by atoms with Crippen LogP contribution in [0.2, 0.25) is 0 Å². The van der Waals surface area contributed by atoms with E-state index in [4.69, 9.17) is 4.74 Å². The maximum Gasteiger partial charge on any atom is 0.124 e. The van der Waals surface area contributed by atoms with Crippen LogP contribution in [0.5, 0.6) is 5.75 Å². The molecule has 0 aliphatic carbocycles. The van der Waals surface area contributed by atoms with E-state index in [1.165, 1.54) is 31.2 Å². The highest BCUT2D eigenvalue weighted by molar-refractivity contribution is 5.33. The number of hydrogen-bond acceptors (Lipinski definition) is 2. The number of para-hydroxylation sites is 1. The zero-order valence-corrected chi connectivity index (χ0v) is 12.7. The van der Waals surface area contributed by atoms with Crippen molar-refractivity contribution in [1.82, 2.24) is 5.32 Å². The number of hydrogen-bond donors (Lipinski definition) is 1. The molecule has 2 nitrogen and oxygen atoms in total. The summed E-state index contributed by atoms with van der Waals surface area (Å²) in [6, 6.07) is 8.34. The van der Waals surface area contributed by atoms with Crippen LogP contribution in [0.25, 0.3) is 0 Å². The molecule has 0 spiro atoms. The summed E-state index contributed by atoms with van der Waals surface area (Å²) in [7, 11) is 0. The Balaban J connectivity index is 2.36. The number of nitrogens with one attached hydrogen (secondary N) is 1. The van der Waals surface area contributed by atoms with E-state index >= 15 is 0 Å². The molecule has 2 heteroatoms. The zero-order valence-electron chi connectivity index (χ0n) is 12.7. The molecule has 1 aromatic carbocycles. The fourth-order valence-corrected chi connectivity index (χ4v) is 1.96. The van der Waals surface area contributed by atoms with Crippen molar-refractivity contribution < 1.29 is 4.74 Å². The second kappa shape index (κ2) is 9.85. The Labute approximate surface area is 118 Å². The van der Waals surface area contributed by atoms with Gasteiger partial charge in [0.1, 0.15) is 5.75 Å². The third-order valence-electron chi connectivity index (χ3n) is 3.40. The lowest BCUT2D eigenvalue weighted by Gasteiger charge is -2.16. The summed E-state index contributed by atoms with van der Waals surface area (Å²) < 4.78 is 5.95. The molecule has 1 N–H and O–H groups in total. The normalized spacial score (nSPS) is 12.4. The Hall–Kier alpha value is -1.02. The molecule has 0 fully saturated rings. The molecule has 0 heterocycles. The lowest BCUT2D eigenvalue weighted by Crippen LogP contribution is -2.17. The van der Waals surface area contributed by atoms with Crippen molar-refractivity contribution in [3.63, 3.8) is 0 Å². The van der Waals surface area contributed by atoms with Gasteiger partial charge >= 0.3 is 0 Å². The number of rotatable bonds is 10. The molecule has 0 saturated carbocycles. The van der Waals surface area contributed by atoms with Crippen LogP contribution in [-0.2, 0) is 6.54 Å². The van der Waals surface area contributed by atoms with Gasteiger partial charge in [0, 0.05) is 12.1 Å². The molecule has 0 aliphatic heterocycles. The summed E-state index contributed by atoms with van der Waals surface area (Å²) in [5, 5.41) is 3.51. The first-order chi connectivity index (χ1) is 9.27. The zero-order chi connectivity index (χ0) is 13.9. The Bertz CT molecular complexity index is 338. The Morgan fingerprint density at radius 1 is 1.11 bits per heavy atom. The highest BCUT2D eigenvalue weighted by Gasteiger charge is 2.05. The van der Waals surface area contributed by atoms with Gasteiger partial charge < -0.3 is 10.1 Å². The van der Waals surface area contributed by atoms with E-state index in [2.05, 4.69) is 44.3 Å². The maximum absolute atomic E-state index is 5.95. The van der Waals surface area contributed by atoms with Gasteiger partial charge in [-0.05, 0) is 32.4 Å². The van der Waals surface area contributed by atoms with E-state index in [9.17, 15) is 0 Å². The van der Waals surface area contributed by atoms with Crippen LogP contribution in [0.1, 0.15) is 58.4 Å². The van der Waals surface area contributed by atoms with Crippen molar-refractivity contribution in [3.05, 3.63) is 29.8 Å². The van der Waals surface area contributed by atoms with Gasteiger partial charge in [0.05, 0.1) is 6.10 Å². The minimum Gasteiger partial charge on any atom is -0.490 e. The number of benzene rings is 1. The summed E-state index contributed by atoms with van der Waals surface area (Å²) >= 11 is 0. The Morgan fingerprint density at radius 2 is 1.89 bits per heavy atom. The van der Waals surface area contributed by atoms with Crippen LogP contribution in [0.4, 0.5) is 0 Å². The molecule has 108 valence electrons. The van der Waals surface area contributed by atoms with Crippen LogP contribution in [0.15, 0.2) is 24.3 Å². The van der Waals surface area contributed by atoms with Crippen molar-refractivity contribution in [2.24, 2.45) is 0 Å². The average Bonchev–Trinajstić information content (AvgIpc) is 2.44. The lowest BCUT2D eigenvalue weighted by atomic mass is 10.1. The average molecular weight is 263 g/mol. The minimum atomic E-state index is 0.283. The standard InChI is InChI=1S/C17H29NO/c1-4-6-7-10-13-18-14-16-11-8-9-12-17(16)19-15(3)5-2/h8-9,11-12,15,18H,4-7,10,13-14H2,1-3H3. The van der Waals surface area contributed by atoms with Gasteiger partial charge in [0.25, 0.3) is 0 Å². The van der Waals surface area contributed by atoms with Gasteiger partial charge in [-0.2, -0.15) is 0 Å². The fraction of sp³-hybridized carbons (Fsp3) is 0.647. The second-order valence-corrected chi connectivity index (χ2v) is 5.18. The second-order valence-electron chi connectivity index (χ2n) is 5.18. The van der Waals surface area contributed by atoms with Crippen LogP contribution >= 0.6 is 0 Å². The quantitative estimate of drug-likeness (QED) is 0.626. The molecular formula is C17H29NO. The SMILES string of the molecule is CCCCCCNCc1ccccc1OC(C)CC. The van der Waals surface area contributed by atoms with E-state index < -0.39 is 0 Å². The summed E-state index contributed by atoms with van der Waals surface area (Å²) in [6.07, 6.45) is 6.56. The molecule has 0 bridgehead atoms. The smallest absolute Gasteiger partial charge is 0.124 e. The van der Waals surface area contributed by atoms with Crippen molar-refractivity contribution in [1.29, 1.82) is 0 Å². The highest BCUT2D eigenvalue weighted by atomic mass is 16.5. The molecule has 0 aliphatic rings. The minimum absolute atomic E-state index is 0.283. The van der Waals surface area contributed by atoms with Crippen LogP contribution in [0.3, 0.4) is 0 Å². The summed E-state index contributed by atoms with van der Waals surface area (Å²) in [5.74, 6) is 1.03. The highest BCUT2D eigenvalue weighted by Crippen LogP contribution is 2.19. The number of unbranched alkanes of at least 4 members (excludes halogenated alkanes) is 3. The topological polar surface area (TPSA) is 21.3 Å². The van der Waals surface area contributed by atoms with Crippen molar-refractivity contribution in [3.8, 4) is 5.75 Å². The molecule has 19 heavy (non-hydrogen) atoms. The predicted molar refractivity (Wildman–Crippen MR) is 82.7 cm³/mol. The van der Waals surface area contributed by atoms with E-state index in [0.717, 1.165) is 25.3 Å². The molecule has 1 aromatic rings. The van der Waals surface area contributed by atoms with E-state index in [0.29, 0.717) is 0 Å². The molecule has 1 rings (SSSR count). The molecule has 0 amide bonds.